The lowest BCUT2D eigenvalue weighted by Gasteiger charge is -2.19. The lowest BCUT2D eigenvalue weighted by molar-refractivity contribution is -0.142. The van der Waals surface area contributed by atoms with Gasteiger partial charge < -0.3 is 20.7 Å². The summed E-state index contributed by atoms with van der Waals surface area (Å²) in [6.07, 6.45) is 6.18. The number of hydrogen-bond acceptors (Lipinski definition) is 6. The molecule has 6 nitrogen and oxygen atoms in total. The van der Waals surface area contributed by atoms with Crippen LogP contribution in [0.1, 0.15) is 36.9 Å². The molecule has 27 heavy (non-hydrogen) atoms. The maximum absolute atomic E-state index is 11.3. The van der Waals surface area contributed by atoms with Crippen molar-refractivity contribution < 1.29 is 9.53 Å². The minimum Gasteiger partial charge on any atom is -0.468 e. The van der Waals surface area contributed by atoms with E-state index in [4.69, 9.17) is 10.7 Å². The Hall–Kier alpha value is -0.790. The van der Waals surface area contributed by atoms with Gasteiger partial charge in [0.05, 0.1) is 7.11 Å². The Kier molecular flexibility index (Phi) is 16.0. The second-order valence-electron chi connectivity index (χ2n) is 6.52. The largest absolute Gasteiger partial charge is 0.468 e. The normalized spacial score (nSPS) is 13.2. The summed E-state index contributed by atoms with van der Waals surface area (Å²) in [5, 5.41) is 3.38. The molecule has 0 unspecified atom stereocenters. The van der Waals surface area contributed by atoms with E-state index >= 15 is 0 Å². The Bertz CT molecular complexity index is 549. The number of nitrogens with zero attached hydrogens (tertiary/aromatic N) is 2. The third-order valence-electron chi connectivity index (χ3n) is 4.50. The molecule has 0 fully saturated rings. The molecular weight excluding hydrogens is 411 g/mol. The van der Waals surface area contributed by atoms with E-state index in [0.717, 1.165) is 51.1 Å². The molecule has 3 N–H and O–H groups in total. The zero-order valence-corrected chi connectivity index (χ0v) is 18.6. The van der Waals surface area contributed by atoms with Crippen molar-refractivity contribution in [1.82, 2.24) is 9.88 Å². The number of nitrogens with one attached hydrogen (secondary N) is 1. The molecule has 2 heterocycles. The minimum atomic E-state index is -0.523. The first kappa shape index (κ1) is 28.4. The summed E-state index contributed by atoms with van der Waals surface area (Å²) in [6, 6.07) is 3.85. The predicted molar refractivity (Wildman–Crippen MR) is 118 cm³/mol. The summed E-state index contributed by atoms with van der Waals surface area (Å²) >= 11 is 0. The van der Waals surface area contributed by atoms with Gasteiger partial charge in [0, 0.05) is 12.2 Å². The summed E-state index contributed by atoms with van der Waals surface area (Å²) in [5.41, 5.74) is 8.25. The van der Waals surface area contributed by atoms with E-state index in [0.29, 0.717) is 6.42 Å². The van der Waals surface area contributed by atoms with Crippen LogP contribution in [0.4, 0.5) is 5.82 Å². The number of nitrogens with two attached hydrogens (primary N) is 1. The van der Waals surface area contributed by atoms with E-state index in [1.807, 2.05) is 0 Å². The SMILES string of the molecule is COC(=O)[C@@H](N)CCN(C)CCCCc1ccc2c(n1)NCCC2.Cl.Cl.Cl. The summed E-state index contributed by atoms with van der Waals surface area (Å²) in [5.74, 6) is 0.739. The molecule has 0 spiro atoms. The summed E-state index contributed by atoms with van der Waals surface area (Å²) in [6.45, 7) is 2.83. The molecule has 1 aromatic heterocycles. The molecule has 1 atom stereocenters. The molecule has 0 aliphatic carbocycles. The first-order valence-electron chi connectivity index (χ1n) is 8.84. The number of methoxy groups -OCH3 is 1. The monoisotopic (exact) mass is 442 g/mol. The standard InChI is InChI=1S/C18H30N4O2.3ClH/c1-22(13-10-16(19)18(23)24-2)12-4-3-7-15-9-8-14-6-5-11-20-17(14)21-15;;;/h8-9,16H,3-7,10-13,19H2,1-2H3,(H,20,21);3*1H/t16-;;;/m0.../s1. The number of aromatic nitrogens is 1. The second kappa shape index (κ2) is 15.2. The van der Waals surface area contributed by atoms with E-state index in [9.17, 15) is 4.79 Å². The van der Waals surface area contributed by atoms with Crippen LogP contribution < -0.4 is 11.1 Å². The number of aryl methyl sites for hydroxylation is 2. The number of anilines is 1. The highest BCUT2D eigenvalue weighted by atomic mass is 35.5. The van der Waals surface area contributed by atoms with E-state index in [1.165, 1.54) is 24.8 Å². The number of halogens is 3. The highest BCUT2D eigenvalue weighted by molar-refractivity contribution is 5.86. The van der Waals surface area contributed by atoms with Crippen molar-refractivity contribution in [2.45, 2.75) is 44.6 Å². The average Bonchev–Trinajstić information content (AvgIpc) is 2.62. The lowest BCUT2D eigenvalue weighted by Crippen LogP contribution is -2.35. The number of fused-ring (bicyclic) bond motifs is 1. The summed E-state index contributed by atoms with van der Waals surface area (Å²) < 4.78 is 4.64. The van der Waals surface area contributed by atoms with E-state index in [-0.39, 0.29) is 43.2 Å². The summed E-state index contributed by atoms with van der Waals surface area (Å²) in [4.78, 5) is 18.2. The topological polar surface area (TPSA) is 80.5 Å². The Labute approximate surface area is 181 Å². The summed E-state index contributed by atoms with van der Waals surface area (Å²) in [7, 11) is 3.43. The van der Waals surface area contributed by atoms with Crippen LogP contribution in [0.5, 0.6) is 0 Å². The molecule has 0 saturated heterocycles. The maximum atomic E-state index is 11.3. The highest BCUT2D eigenvalue weighted by Gasteiger charge is 2.14. The van der Waals surface area contributed by atoms with Crippen LogP contribution in [-0.4, -0.2) is 55.7 Å². The lowest BCUT2D eigenvalue weighted by atomic mass is 10.1. The molecule has 1 aliphatic rings. The minimum absolute atomic E-state index is 0. The number of esters is 1. The Morgan fingerprint density at radius 1 is 1.30 bits per heavy atom. The quantitative estimate of drug-likeness (QED) is 0.451. The third-order valence-corrected chi connectivity index (χ3v) is 4.50. The molecule has 2 rings (SSSR count). The third kappa shape index (κ3) is 9.81. The number of unbranched alkanes of at least 4 members (excludes halogenated alkanes) is 1. The fourth-order valence-corrected chi connectivity index (χ4v) is 2.94. The predicted octanol–water partition coefficient (Wildman–Crippen LogP) is 2.85. The van der Waals surface area contributed by atoms with Gasteiger partial charge in [0.25, 0.3) is 0 Å². The maximum Gasteiger partial charge on any atom is 0.322 e. The van der Waals surface area contributed by atoms with Crippen molar-refractivity contribution in [3.63, 3.8) is 0 Å². The van der Waals surface area contributed by atoms with Crippen molar-refractivity contribution in [3.8, 4) is 0 Å². The van der Waals surface area contributed by atoms with Gasteiger partial charge in [-0.05, 0) is 70.3 Å². The Balaban J connectivity index is 0. The van der Waals surface area contributed by atoms with Gasteiger partial charge in [-0.25, -0.2) is 4.98 Å². The smallest absolute Gasteiger partial charge is 0.322 e. The van der Waals surface area contributed by atoms with E-state index in [1.54, 1.807) is 0 Å². The van der Waals surface area contributed by atoms with Crippen LogP contribution in [-0.2, 0) is 22.4 Å². The van der Waals surface area contributed by atoms with E-state index < -0.39 is 6.04 Å². The number of hydrogen-bond donors (Lipinski definition) is 2. The fraction of sp³-hybridized carbons (Fsp3) is 0.667. The van der Waals surface area contributed by atoms with Crippen molar-refractivity contribution in [2.75, 3.05) is 39.1 Å². The van der Waals surface area contributed by atoms with Crippen LogP contribution in [0.15, 0.2) is 12.1 Å². The zero-order valence-electron chi connectivity index (χ0n) is 16.1. The van der Waals surface area contributed by atoms with Gasteiger partial charge in [0.1, 0.15) is 11.9 Å². The van der Waals surface area contributed by atoms with Crippen LogP contribution >= 0.6 is 37.2 Å². The van der Waals surface area contributed by atoms with Gasteiger partial charge in [-0.3, -0.25) is 4.79 Å². The average molecular weight is 444 g/mol. The van der Waals surface area contributed by atoms with Crippen molar-refractivity contribution in [3.05, 3.63) is 23.4 Å². The number of carbonyl (C=O) groups excluding carboxylic acids is 1. The van der Waals surface area contributed by atoms with Gasteiger partial charge in [0.15, 0.2) is 0 Å². The molecular formula is C18H33Cl3N4O2. The molecule has 9 heteroatoms. The van der Waals surface area contributed by atoms with Crippen molar-refractivity contribution >= 4 is 49.0 Å². The molecule has 0 bridgehead atoms. The Morgan fingerprint density at radius 3 is 2.74 bits per heavy atom. The molecule has 0 saturated carbocycles. The molecule has 0 amide bonds. The molecule has 1 aromatic rings. The zero-order chi connectivity index (χ0) is 17.4. The van der Waals surface area contributed by atoms with Crippen molar-refractivity contribution in [2.24, 2.45) is 5.73 Å². The first-order chi connectivity index (χ1) is 11.6. The molecule has 158 valence electrons. The second-order valence-corrected chi connectivity index (χ2v) is 6.52. The van der Waals surface area contributed by atoms with Gasteiger partial charge in [-0.2, -0.15) is 0 Å². The van der Waals surface area contributed by atoms with Crippen LogP contribution in [0.2, 0.25) is 0 Å². The van der Waals surface area contributed by atoms with Gasteiger partial charge in [-0.1, -0.05) is 6.07 Å². The number of pyridine rings is 1. The first-order valence-corrected chi connectivity index (χ1v) is 8.84. The highest BCUT2D eigenvalue weighted by Crippen LogP contribution is 2.20. The number of carbonyl (C=O) groups is 1. The molecule has 0 radical (unpaired) electrons. The fourth-order valence-electron chi connectivity index (χ4n) is 2.94. The number of rotatable bonds is 9. The van der Waals surface area contributed by atoms with Crippen molar-refractivity contribution in [1.29, 1.82) is 0 Å². The Morgan fingerprint density at radius 2 is 2.04 bits per heavy atom. The van der Waals surface area contributed by atoms with E-state index in [2.05, 4.69) is 34.1 Å². The molecule has 0 aromatic carbocycles. The van der Waals surface area contributed by atoms with Gasteiger partial charge in [-0.15, -0.1) is 37.2 Å². The van der Waals surface area contributed by atoms with Crippen LogP contribution in [0.25, 0.3) is 0 Å². The van der Waals surface area contributed by atoms with Gasteiger partial charge in [0.2, 0.25) is 0 Å². The van der Waals surface area contributed by atoms with Gasteiger partial charge >= 0.3 is 5.97 Å². The number of ether oxygens (including phenoxy) is 1. The van der Waals surface area contributed by atoms with Crippen LogP contribution in [0.3, 0.4) is 0 Å². The van der Waals surface area contributed by atoms with Crippen LogP contribution in [0, 0.1) is 0 Å². The molecule has 1 aliphatic heterocycles.